The second-order valence-corrected chi connectivity index (χ2v) is 5.78. The van der Waals surface area contributed by atoms with E-state index in [1.54, 1.807) is 6.66 Å². The summed E-state index contributed by atoms with van der Waals surface area (Å²) in [4.78, 5) is 2.23. The fourth-order valence-corrected chi connectivity index (χ4v) is 2.41. The SMILES string of the molecule is COP(C)(=O)N1CCN(C)CC1. The van der Waals surface area contributed by atoms with E-state index in [2.05, 4.69) is 11.9 Å². The highest BCUT2D eigenvalue weighted by Crippen LogP contribution is 2.45. The molecule has 1 aliphatic heterocycles. The predicted octanol–water partition coefficient (Wildman–Crippen LogP) is 0.703. The Morgan fingerprint density at radius 2 is 1.75 bits per heavy atom. The van der Waals surface area contributed by atoms with Gasteiger partial charge in [0, 0.05) is 40.0 Å². The summed E-state index contributed by atoms with van der Waals surface area (Å²) in [5.74, 6) is 0. The maximum atomic E-state index is 11.7. The summed E-state index contributed by atoms with van der Waals surface area (Å²) in [6.45, 7) is 5.32. The zero-order chi connectivity index (χ0) is 9.19. The van der Waals surface area contributed by atoms with E-state index in [9.17, 15) is 4.57 Å². The lowest BCUT2D eigenvalue weighted by atomic mass is 10.4. The van der Waals surface area contributed by atoms with Crippen molar-refractivity contribution in [2.75, 3.05) is 47.0 Å². The Hall–Kier alpha value is 0.110. The second-order valence-electron chi connectivity index (χ2n) is 3.24. The van der Waals surface area contributed by atoms with E-state index in [-0.39, 0.29) is 0 Å². The summed E-state index contributed by atoms with van der Waals surface area (Å²) in [6, 6.07) is 0. The van der Waals surface area contributed by atoms with Crippen molar-refractivity contribution in [3.63, 3.8) is 0 Å². The van der Waals surface area contributed by atoms with Gasteiger partial charge in [-0.15, -0.1) is 0 Å². The molecule has 0 aliphatic carbocycles. The highest BCUT2D eigenvalue weighted by atomic mass is 31.2. The Kier molecular flexibility index (Phi) is 3.29. The predicted molar refractivity (Wildman–Crippen MR) is 49.6 cm³/mol. The van der Waals surface area contributed by atoms with Gasteiger partial charge in [-0.2, -0.15) is 0 Å². The van der Waals surface area contributed by atoms with Gasteiger partial charge in [-0.25, -0.2) is 4.67 Å². The highest BCUT2D eigenvalue weighted by Gasteiger charge is 2.27. The van der Waals surface area contributed by atoms with Gasteiger partial charge < -0.3 is 9.42 Å². The molecule has 0 N–H and O–H groups in total. The van der Waals surface area contributed by atoms with Crippen LogP contribution in [0.2, 0.25) is 0 Å². The van der Waals surface area contributed by atoms with Gasteiger partial charge in [0.25, 0.3) is 7.52 Å². The molecule has 0 aromatic carbocycles. The first kappa shape index (κ1) is 10.2. The maximum Gasteiger partial charge on any atom is 0.269 e. The Morgan fingerprint density at radius 1 is 1.25 bits per heavy atom. The molecule has 0 spiro atoms. The van der Waals surface area contributed by atoms with Gasteiger partial charge >= 0.3 is 0 Å². The fourth-order valence-electron chi connectivity index (χ4n) is 1.27. The number of rotatable bonds is 2. The fraction of sp³-hybridized carbons (Fsp3) is 1.00. The van der Waals surface area contributed by atoms with Gasteiger partial charge in [0.15, 0.2) is 0 Å². The van der Waals surface area contributed by atoms with Crippen molar-refractivity contribution in [2.24, 2.45) is 0 Å². The first-order valence-corrected chi connectivity index (χ1v) is 6.16. The topological polar surface area (TPSA) is 32.8 Å². The smallest absolute Gasteiger partial charge is 0.269 e. The molecule has 1 fully saturated rings. The monoisotopic (exact) mass is 192 g/mol. The van der Waals surface area contributed by atoms with Crippen LogP contribution < -0.4 is 0 Å². The summed E-state index contributed by atoms with van der Waals surface area (Å²) >= 11 is 0. The molecule has 0 radical (unpaired) electrons. The van der Waals surface area contributed by atoms with Crippen molar-refractivity contribution in [3.8, 4) is 0 Å². The van der Waals surface area contributed by atoms with Crippen LogP contribution in [0.15, 0.2) is 0 Å². The van der Waals surface area contributed by atoms with Gasteiger partial charge in [0.2, 0.25) is 0 Å². The molecule has 0 aromatic rings. The molecule has 12 heavy (non-hydrogen) atoms. The van der Waals surface area contributed by atoms with E-state index in [1.807, 2.05) is 4.67 Å². The molecule has 1 unspecified atom stereocenters. The van der Waals surface area contributed by atoms with Crippen LogP contribution in [0.1, 0.15) is 0 Å². The van der Waals surface area contributed by atoms with E-state index >= 15 is 0 Å². The Balaban J connectivity index is 2.50. The first-order valence-electron chi connectivity index (χ1n) is 4.13. The minimum absolute atomic E-state index is 0.845. The molecule has 4 nitrogen and oxygen atoms in total. The van der Waals surface area contributed by atoms with Gasteiger partial charge in [-0.1, -0.05) is 0 Å². The van der Waals surface area contributed by atoms with Crippen LogP contribution in [0.4, 0.5) is 0 Å². The molecule has 0 saturated carbocycles. The quantitative estimate of drug-likeness (QED) is 0.603. The van der Waals surface area contributed by atoms with Crippen LogP contribution in [0.3, 0.4) is 0 Å². The average Bonchev–Trinajstić information content (AvgIpc) is 2.05. The van der Waals surface area contributed by atoms with E-state index in [0.717, 1.165) is 26.2 Å². The minimum atomic E-state index is -2.47. The molecule has 0 aromatic heterocycles. The molecule has 1 rings (SSSR count). The van der Waals surface area contributed by atoms with Gasteiger partial charge in [0.05, 0.1) is 0 Å². The Labute approximate surface area is 74.0 Å². The van der Waals surface area contributed by atoms with E-state index in [1.165, 1.54) is 7.11 Å². The number of piperazine rings is 1. The number of hydrogen-bond acceptors (Lipinski definition) is 3. The largest absolute Gasteiger partial charge is 0.321 e. The third kappa shape index (κ3) is 2.30. The molecule has 1 heterocycles. The molecule has 0 bridgehead atoms. The van der Waals surface area contributed by atoms with Crippen molar-refractivity contribution < 1.29 is 9.09 Å². The van der Waals surface area contributed by atoms with Crippen LogP contribution >= 0.6 is 7.52 Å². The van der Waals surface area contributed by atoms with E-state index in [0.29, 0.717) is 0 Å². The summed E-state index contributed by atoms with van der Waals surface area (Å²) < 4.78 is 18.6. The molecule has 1 aliphatic rings. The van der Waals surface area contributed by atoms with E-state index in [4.69, 9.17) is 4.52 Å². The lowest BCUT2D eigenvalue weighted by molar-refractivity contribution is 0.201. The summed E-state index contributed by atoms with van der Waals surface area (Å²) in [7, 11) is 1.12. The van der Waals surface area contributed by atoms with E-state index < -0.39 is 7.52 Å². The molecular weight excluding hydrogens is 175 g/mol. The molecule has 1 atom stereocenters. The molecule has 1 saturated heterocycles. The average molecular weight is 192 g/mol. The normalized spacial score (nSPS) is 26.9. The van der Waals surface area contributed by atoms with Crippen molar-refractivity contribution in [1.29, 1.82) is 0 Å². The van der Waals surface area contributed by atoms with Crippen LogP contribution in [-0.4, -0.2) is 56.6 Å². The Bertz CT molecular complexity index is 190. The second kappa shape index (κ2) is 3.88. The standard InChI is InChI=1S/C7H17N2O2P/c1-8-4-6-9(7-5-8)12(3,10)11-2/h4-7H2,1-3H3. The summed E-state index contributed by atoms with van der Waals surface area (Å²) in [5.41, 5.74) is 0. The Morgan fingerprint density at radius 3 is 2.17 bits per heavy atom. The lowest BCUT2D eigenvalue weighted by Crippen LogP contribution is -2.42. The molecule has 5 heteroatoms. The molecular formula is C7H17N2O2P. The van der Waals surface area contributed by atoms with Crippen molar-refractivity contribution in [1.82, 2.24) is 9.57 Å². The molecule has 72 valence electrons. The highest BCUT2D eigenvalue weighted by molar-refractivity contribution is 7.55. The third-order valence-electron chi connectivity index (χ3n) is 2.33. The lowest BCUT2D eigenvalue weighted by Gasteiger charge is -2.34. The van der Waals surface area contributed by atoms with Crippen LogP contribution in [0.25, 0.3) is 0 Å². The minimum Gasteiger partial charge on any atom is -0.321 e. The van der Waals surface area contributed by atoms with Crippen molar-refractivity contribution in [2.45, 2.75) is 0 Å². The first-order chi connectivity index (χ1) is 5.56. The summed E-state index contributed by atoms with van der Waals surface area (Å²) in [5, 5.41) is 0. The van der Waals surface area contributed by atoms with Crippen LogP contribution in [0.5, 0.6) is 0 Å². The zero-order valence-corrected chi connectivity index (χ0v) is 8.88. The zero-order valence-electron chi connectivity index (χ0n) is 7.99. The number of nitrogens with zero attached hydrogens (tertiary/aromatic N) is 2. The number of likely N-dealkylation sites (N-methyl/N-ethyl adjacent to an activating group) is 1. The van der Waals surface area contributed by atoms with Crippen LogP contribution in [-0.2, 0) is 9.09 Å². The van der Waals surface area contributed by atoms with Crippen molar-refractivity contribution >= 4 is 7.52 Å². The number of hydrogen-bond donors (Lipinski definition) is 0. The van der Waals surface area contributed by atoms with Crippen LogP contribution in [0, 0.1) is 0 Å². The van der Waals surface area contributed by atoms with Gasteiger partial charge in [-0.3, -0.25) is 4.57 Å². The van der Waals surface area contributed by atoms with Crippen molar-refractivity contribution in [3.05, 3.63) is 0 Å². The molecule has 0 amide bonds. The summed E-state index contributed by atoms with van der Waals surface area (Å²) in [6.07, 6.45) is 0. The van der Waals surface area contributed by atoms with Gasteiger partial charge in [0.1, 0.15) is 0 Å². The third-order valence-corrected chi connectivity index (χ3v) is 4.44. The maximum absolute atomic E-state index is 11.7. The van der Waals surface area contributed by atoms with Gasteiger partial charge in [-0.05, 0) is 7.05 Å².